The molecule has 1 atom stereocenters. The maximum atomic E-state index is 11.7. The van der Waals surface area contributed by atoms with Crippen molar-refractivity contribution in [3.8, 4) is 0 Å². The van der Waals surface area contributed by atoms with Crippen LogP contribution in [0, 0.1) is 0 Å². The standard InChI is InChI=1S/C22H23O3P/c23-26(24)25-22(16-19-10-4-1-5-11-19,17-20-12-6-2-7-13-20)18-21-14-8-3-9-15-21/h1-15,26H,16-18H2,(H,23,24). The van der Waals surface area contributed by atoms with Crippen molar-refractivity contribution in [3.05, 3.63) is 108 Å². The highest BCUT2D eigenvalue weighted by Gasteiger charge is 2.34. The van der Waals surface area contributed by atoms with E-state index in [9.17, 15) is 9.46 Å². The van der Waals surface area contributed by atoms with Crippen LogP contribution < -0.4 is 0 Å². The predicted octanol–water partition coefficient (Wildman–Crippen LogP) is 4.85. The van der Waals surface area contributed by atoms with Crippen molar-refractivity contribution in [1.29, 1.82) is 0 Å². The lowest BCUT2D eigenvalue weighted by atomic mass is 9.83. The quantitative estimate of drug-likeness (QED) is 0.580. The van der Waals surface area contributed by atoms with Crippen molar-refractivity contribution >= 4 is 8.25 Å². The fourth-order valence-corrected chi connectivity index (χ4v) is 3.97. The summed E-state index contributed by atoms with van der Waals surface area (Å²) in [7, 11) is -3.10. The summed E-state index contributed by atoms with van der Waals surface area (Å²) in [6.07, 6.45) is 1.69. The van der Waals surface area contributed by atoms with Gasteiger partial charge in [-0.25, -0.2) is 0 Å². The van der Waals surface area contributed by atoms with E-state index in [1.807, 2.05) is 91.0 Å². The number of hydrogen-bond acceptors (Lipinski definition) is 2. The zero-order valence-electron chi connectivity index (χ0n) is 14.5. The molecular weight excluding hydrogens is 343 g/mol. The van der Waals surface area contributed by atoms with E-state index >= 15 is 0 Å². The smallest absolute Gasteiger partial charge is 0.317 e. The molecule has 26 heavy (non-hydrogen) atoms. The molecule has 134 valence electrons. The molecule has 0 fully saturated rings. The van der Waals surface area contributed by atoms with E-state index in [1.165, 1.54) is 0 Å². The van der Waals surface area contributed by atoms with Gasteiger partial charge in [-0.2, -0.15) is 0 Å². The molecule has 0 aliphatic rings. The first kappa shape index (κ1) is 18.6. The van der Waals surface area contributed by atoms with Crippen LogP contribution in [0.3, 0.4) is 0 Å². The Labute approximate surface area is 155 Å². The highest BCUT2D eigenvalue weighted by atomic mass is 31.1. The number of benzene rings is 3. The summed E-state index contributed by atoms with van der Waals surface area (Å²) in [5.74, 6) is 0. The minimum atomic E-state index is -3.10. The number of hydrogen-bond donors (Lipinski definition) is 1. The van der Waals surface area contributed by atoms with Crippen molar-refractivity contribution in [2.24, 2.45) is 0 Å². The van der Waals surface area contributed by atoms with E-state index in [2.05, 4.69) is 0 Å². The lowest BCUT2D eigenvalue weighted by Crippen LogP contribution is -2.38. The van der Waals surface area contributed by atoms with Crippen LogP contribution in [0.25, 0.3) is 0 Å². The Morgan fingerprint density at radius 1 is 0.654 bits per heavy atom. The highest BCUT2D eigenvalue weighted by molar-refractivity contribution is 7.32. The SMILES string of the molecule is O=[PH](O)OC(Cc1ccccc1)(Cc1ccccc1)Cc1ccccc1. The molecule has 4 heteroatoms. The average molecular weight is 366 g/mol. The van der Waals surface area contributed by atoms with Gasteiger partial charge in [-0.15, -0.1) is 0 Å². The molecule has 0 spiro atoms. The minimum Gasteiger partial charge on any atom is -0.326 e. The lowest BCUT2D eigenvalue weighted by Gasteiger charge is -2.33. The van der Waals surface area contributed by atoms with Gasteiger partial charge in [0.05, 0.1) is 5.60 Å². The maximum absolute atomic E-state index is 11.7. The first-order chi connectivity index (χ1) is 12.7. The molecule has 0 aliphatic heterocycles. The normalized spacial score (nSPS) is 12.7. The molecule has 0 bridgehead atoms. The fraction of sp³-hybridized carbons (Fsp3) is 0.182. The molecule has 0 radical (unpaired) electrons. The van der Waals surface area contributed by atoms with Crippen LogP contribution in [0.2, 0.25) is 0 Å². The number of rotatable bonds is 8. The first-order valence-corrected chi connectivity index (χ1v) is 9.95. The Morgan fingerprint density at radius 3 is 1.23 bits per heavy atom. The van der Waals surface area contributed by atoms with E-state index in [0.29, 0.717) is 19.3 Å². The van der Waals surface area contributed by atoms with Gasteiger partial charge in [-0.1, -0.05) is 91.0 Å². The Kier molecular flexibility index (Phi) is 6.40. The molecule has 3 aromatic carbocycles. The Balaban J connectivity index is 1.98. The van der Waals surface area contributed by atoms with Crippen molar-refractivity contribution in [3.63, 3.8) is 0 Å². The molecule has 0 saturated heterocycles. The molecule has 3 nitrogen and oxygen atoms in total. The summed E-state index contributed by atoms with van der Waals surface area (Å²) in [6.45, 7) is 0. The molecule has 0 aliphatic carbocycles. The van der Waals surface area contributed by atoms with Gasteiger partial charge in [-0.3, -0.25) is 4.57 Å². The molecule has 1 unspecified atom stereocenters. The van der Waals surface area contributed by atoms with Crippen LogP contribution in [0.15, 0.2) is 91.0 Å². The summed E-state index contributed by atoms with van der Waals surface area (Å²) < 4.78 is 17.5. The van der Waals surface area contributed by atoms with Crippen LogP contribution in [-0.4, -0.2) is 10.5 Å². The van der Waals surface area contributed by atoms with E-state index in [4.69, 9.17) is 4.52 Å². The third-order valence-corrected chi connectivity index (χ3v) is 5.02. The monoisotopic (exact) mass is 366 g/mol. The third kappa shape index (κ3) is 5.40. The molecule has 0 heterocycles. The van der Waals surface area contributed by atoms with Crippen molar-refractivity contribution in [2.75, 3.05) is 0 Å². The largest absolute Gasteiger partial charge is 0.326 e. The van der Waals surface area contributed by atoms with Crippen LogP contribution in [-0.2, 0) is 28.4 Å². The van der Waals surface area contributed by atoms with Gasteiger partial charge in [0.25, 0.3) is 0 Å². The van der Waals surface area contributed by atoms with Crippen LogP contribution in [0.5, 0.6) is 0 Å². The zero-order valence-corrected chi connectivity index (χ0v) is 15.5. The predicted molar refractivity (Wildman–Crippen MR) is 105 cm³/mol. The van der Waals surface area contributed by atoms with Crippen molar-refractivity contribution in [1.82, 2.24) is 0 Å². The fourth-order valence-electron chi connectivity index (χ4n) is 3.38. The minimum absolute atomic E-state index is 0.564. The van der Waals surface area contributed by atoms with Crippen LogP contribution in [0.1, 0.15) is 16.7 Å². The van der Waals surface area contributed by atoms with Gasteiger partial charge in [0.15, 0.2) is 0 Å². The molecule has 0 saturated carbocycles. The summed E-state index contributed by atoms with van der Waals surface area (Å²) in [5, 5.41) is 0. The van der Waals surface area contributed by atoms with Crippen LogP contribution in [0.4, 0.5) is 0 Å². The first-order valence-electron chi connectivity index (χ1n) is 8.69. The van der Waals surface area contributed by atoms with Gasteiger partial charge < -0.3 is 9.42 Å². The second-order valence-corrected chi connectivity index (χ2v) is 7.27. The topological polar surface area (TPSA) is 46.5 Å². The van der Waals surface area contributed by atoms with Crippen molar-refractivity contribution in [2.45, 2.75) is 24.9 Å². The Hall–Kier alpha value is -2.19. The maximum Gasteiger partial charge on any atom is 0.317 e. The van der Waals surface area contributed by atoms with Gasteiger partial charge in [0.2, 0.25) is 0 Å². The second-order valence-electron chi connectivity index (χ2n) is 6.54. The second kappa shape index (κ2) is 8.95. The lowest BCUT2D eigenvalue weighted by molar-refractivity contribution is 0.0652. The van der Waals surface area contributed by atoms with Gasteiger partial charge in [0.1, 0.15) is 0 Å². The highest BCUT2D eigenvalue weighted by Crippen LogP contribution is 2.35. The molecule has 1 N–H and O–H groups in total. The van der Waals surface area contributed by atoms with Crippen molar-refractivity contribution < 1.29 is 14.0 Å². The Morgan fingerprint density at radius 2 is 0.962 bits per heavy atom. The van der Waals surface area contributed by atoms with E-state index in [-0.39, 0.29) is 0 Å². The average Bonchev–Trinajstić information content (AvgIpc) is 2.63. The van der Waals surface area contributed by atoms with E-state index in [1.54, 1.807) is 0 Å². The van der Waals surface area contributed by atoms with E-state index in [0.717, 1.165) is 16.7 Å². The van der Waals surface area contributed by atoms with Gasteiger partial charge in [-0.05, 0) is 16.7 Å². The summed E-state index contributed by atoms with van der Waals surface area (Å²) in [5.41, 5.74) is 2.47. The molecule has 3 rings (SSSR count). The zero-order chi connectivity index (χ0) is 18.2. The summed E-state index contributed by atoms with van der Waals surface area (Å²) in [6, 6.07) is 30.0. The van der Waals surface area contributed by atoms with E-state index < -0.39 is 13.9 Å². The third-order valence-electron chi connectivity index (χ3n) is 4.41. The molecule has 3 aromatic rings. The van der Waals surface area contributed by atoms with Gasteiger partial charge >= 0.3 is 8.25 Å². The summed E-state index contributed by atoms with van der Waals surface area (Å²) >= 11 is 0. The summed E-state index contributed by atoms with van der Waals surface area (Å²) in [4.78, 5) is 9.65. The molecule has 0 amide bonds. The molecule has 0 aromatic heterocycles. The van der Waals surface area contributed by atoms with Gasteiger partial charge in [0, 0.05) is 19.3 Å². The Bertz CT molecular complexity index is 718. The van der Waals surface area contributed by atoms with Crippen LogP contribution >= 0.6 is 8.25 Å². The molecular formula is C22H23O3P.